The average Bonchev–Trinajstić information content (AvgIpc) is 2.66. The highest BCUT2D eigenvalue weighted by Gasteiger charge is 2.40. The third-order valence-corrected chi connectivity index (χ3v) is 3.34. The van der Waals surface area contributed by atoms with Crippen molar-refractivity contribution in [3.8, 4) is 0 Å². The molecule has 0 bridgehead atoms. The first-order valence-corrected chi connectivity index (χ1v) is 7.34. The molecule has 110 valence electrons. The lowest BCUT2D eigenvalue weighted by Gasteiger charge is -2.27. The standard InChI is InChI=1S/C14H24ClNO3/c1-5-6-7-12(17)11-8-10(15)9-16(11)13(18)19-14(2,3)4/h10-11H,5-9H2,1-4H3/t10-,11?/m0/s1. The topological polar surface area (TPSA) is 46.6 Å². The average molecular weight is 290 g/mol. The van der Waals surface area contributed by atoms with Gasteiger partial charge in [-0.2, -0.15) is 0 Å². The highest BCUT2D eigenvalue weighted by atomic mass is 35.5. The lowest BCUT2D eigenvalue weighted by Crippen LogP contribution is -2.43. The molecular weight excluding hydrogens is 266 g/mol. The van der Waals surface area contributed by atoms with Crippen LogP contribution in [0.2, 0.25) is 0 Å². The summed E-state index contributed by atoms with van der Waals surface area (Å²) in [5, 5.41) is -0.164. The van der Waals surface area contributed by atoms with Gasteiger partial charge < -0.3 is 4.74 Å². The Kier molecular flexibility index (Phi) is 5.65. The largest absolute Gasteiger partial charge is 0.444 e. The van der Waals surface area contributed by atoms with Gasteiger partial charge in [0.05, 0.1) is 11.4 Å². The van der Waals surface area contributed by atoms with Crippen molar-refractivity contribution >= 4 is 23.5 Å². The third-order valence-electron chi connectivity index (χ3n) is 3.03. The monoisotopic (exact) mass is 289 g/mol. The molecule has 1 amide bonds. The van der Waals surface area contributed by atoms with E-state index in [1.54, 1.807) is 0 Å². The van der Waals surface area contributed by atoms with E-state index >= 15 is 0 Å². The fourth-order valence-corrected chi connectivity index (χ4v) is 2.45. The number of ether oxygens (including phenoxy) is 1. The van der Waals surface area contributed by atoms with E-state index in [2.05, 4.69) is 0 Å². The molecule has 1 aliphatic heterocycles. The Morgan fingerprint density at radius 1 is 1.37 bits per heavy atom. The Hall–Kier alpha value is -0.770. The van der Waals surface area contributed by atoms with Gasteiger partial charge in [0.25, 0.3) is 0 Å². The van der Waals surface area contributed by atoms with Gasteiger partial charge in [0.2, 0.25) is 0 Å². The van der Waals surface area contributed by atoms with Crippen LogP contribution >= 0.6 is 11.6 Å². The highest BCUT2D eigenvalue weighted by molar-refractivity contribution is 6.21. The first-order valence-electron chi connectivity index (χ1n) is 6.91. The summed E-state index contributed by atoms with van der Waals surface area (Å²) in [7, 11) is 0. The van der Waals surface area contributed by atoms with Crippen LogP contribution < -0.4 is 0 Å². The number of Topliss-reactive ketones (excluding diaryl/α,β-unsaturated/α-hetero) is 1. The van der Waals surface area contributed by atoms with Gasteiger partial charge in [-0.05, 0) is 33.6 Å². The number of hydrogen-bond donors (Lipinski definition) is 0. The molecule has 0 aromatic carbocycles. The molecular formula is C14H24ClNO3. The molecule has 0 aliphatic carbocycles. The van der Waals surface area contributed by atoms with Crippen molar-refractivity contribution in [2.45, 2.75) is 70.4 Å². The molecule has 0 aromatic rings. The SMILES string of the molecule is CCCCC(=O)C1C[C@H](Cl)CN1C(=O)OC(C)(C)C. The number of unbranched alkanes of at least 4 members (excludes halogenated alkanes) is 1. The number of carbonyl (C=O) groups is 2. The van der Waals surface area contributed by atoms with Gasteiger partial charge in [0.1, 0.15) is 5.60 Å². The van der Waals surface area contributed by atoms with E-state index in [4.69, 9.17) is 16.3 Å². The number of likely N-dealkylation sites (tertiary alicyclic amines) is 1. The van der Waals surface area contributed by atoms with Crippen molar-refractivity contribution in [1.82, 2.24) is 4.90 Å². The van der Waals surface area contributed by atoms with Crippen molar-refractivity contribution in [3.05, 3.63) is 0 Å². The first kappa shape index (κ1) is 16.3. The number of nitrogens with zero attached hydrogens (tertiary/aromatic N) is 1. The molecule has 0 N–H and O–H groups in total. The minimum Gasteiger partial charge on any atom is -0.444 e. The van der Waals surface area contributed by atoms with Crippen molar-refractivity contribution in [2.75, 3.05) is 6.54 Å². The van der Waals surface area contributed by atoms with Crippen LogP contribution in [0.25, 0.3) is 0 Å². The molecule has 0 saturated carbocycles. The van der Waals surface area contributed by atoms with E-state index in [9.17, 15) is 9.59 Å². The predicted octanol–water partition coefficient (Wildman–Crippen LogP) is 3.36. The lowest BCUT2D eigenvalue weighted by molar-refractivity contribution is -0.123. The molecule has 1 heterocycles. The Bertz CT molecular complexity index is 338. The van der Waals surface area contributed by atoms with E-state index in [1.165, 1.54) is 4.90 Å². The van der Waals surface area contributed by atoms with Gasteiger partial charge in [0, 0.05) is 13.0 Å². The molecule has 0 spiro atoms. The summed E-state index contributed by atoms with van der Waals surface area (Å²) in [5.74, 6) is 0.0934. The fraction of sp³-hybridized carbons (Fsp3) is 0.857. The second kappa shape index (κ2) is 6.60. The van der Waals surface area contributed by atoms with Crippen LogP contribution in [0.1, 0.15) is 53.4 Å². The van der Waals surface area contributed by atoms with Crippen LogP contribution in [0.4, 0.5) is 4.79 Å². The Labute approximate surface area is 120 Å². The zero-order chi connectivity index (χ0) is 14.6. The molecule has 1 fully saturated rings. The summed E-state index contributed by atoms with van der Waals surface area (Å²) >= 11 is 6.09. The summed E-state index contributed by atoms with van der Waals surface area (Å²) in [6.45, 7) is 7.87. The molecule has 1 unspecified atom stereocenters. The van der Waals surface area contributed by atoms with Crippen molar-refractivity contribution in [3.63, 3.8) is 0 Å². The van der Waals surface area contributed by atoms with Gasteiger partial charge in [-0.25, -0.2) is 4.79 Å². The molecule has 4 nitrogen and oxygen atoms in total. The van der Waals surface area contributed by atoms with Crippen LogP contribution in [0.5, 0.6) is 0 Å². The van der Waals surface area contributed by atoms with Crippen molar-refractivity contribution in [1.29, 1.82) is 0 Å². The molecule has 1 aliphatic rings. The van der Waals surface area contributed by atoms with Gasteiger partial charge in [-0.1, -0.05) is 13.3 Å². The number of rotatable bonds is 4. The van der Waals surface area contributed by atoms with Crippen LogP contribution in [0.3, 0.4) is 0 Å². The van der Waals surface area contributed by atoms with E-state index < -0.39 is 17.7 Å². The van der Waals surface area contributed by atoms with Gasteiger partial charge in [0.15, 0.2) is 5.78 Å². The van der Waals surface area contributed by atoms with E-state index in [-0.39, 0.29) is 11.2 Å². The van der Waals surface area contributed by atoms with Crippen LogP contribution in [-0.4, -0.2) is 40.3 Å². The van der Waals surface area contributed by atoms with Crippen molar-refractivity contribution < 1.29 is 14.3 Å². The van der Waals surface area contributed by atoms with Crippen molar-refractivity contribution in [2.24, 2.45) is 0 Å². The maximum absolute atomic E-state index is 12.1. The van der Waals surface area contributed by atoms with E-state index in [0.29, 0.717) is 19.4 Å². The Balaban J connectivity index is 2.68. The summed E-state index contributed by atoms with van der Waals surface area (Å²) in [5.41, 5.74) is -0.557. The van der Waals surface area contributed by atoms with Crippen LogP contribution in [0.15, 0.2) is 0 Å². The van der Waals surface area contributed by atoms with Crippen LogP contribution in [0, 0.1) is 0 Å². The summed E-state index contributed by atoms with van der Waals surface area (Å²) in [6.07, 6.45) is 2.41. The third kappa shape index (κ3) is 5.01. The number of alkyl halides is 1. The predicted molar refractivity (Wildman–Crippen MR) is 75.5 cm³/mol. The molecule has 0 radical (unpaired) electrons. The highest BCUT2D eigenvalue weighted by Crippen LogP contribution is 2.26. The van der Waals surface area contributed by atoms with Gasteiger partial charge in [-0.3, -0.25) is 9.69 Å². The smallest absolute Gasteiger partial charge is 0.410 e. The van der Waals surface area contributed by atoms with Gasteiger partial charge >= 0.3 is 6.09 Å². The Morgan fingerprint density at radius 3 is 2.53 bits per heavy atom. The summed E-state index contributed by atoms with van der Waals surface area (Å²) < 4.78 is 5.33. The van der Waals surface area contributed by atoms with Crippen LogP contribution in [-0.2, 0) is 9.53 Å². The molecule has 19 heavy (non-hydrogen) atoms. The number of amides is 1. The molecule has 5 heteroatoms. The first-order chi connectivity index (χ1) is 8.74. The summed E-state index contributed by atoms with van der Waals surface area (Å²) in [6, 6.07) is -0.413. The fourth-order valence-electron chi connectivity index (χ4n) is 2.13. The second-order valence-corrected chi connectivity index (χ2v) is 6.67. The molecule has 0 aromatic heterocycles. The van der Waals surface area contributed by atoms with Gasteiger partial charge in [-0.15, -0.1) is 11.6 Å². The maximum Gasteiger partial charge on any atom is 0.410 e. The minimum absolute atomic E-state index is 0.0934. The second-order valence-electron chi connectivity index (χ2n) is 6.05. The molecule has 1 rings (SSSR count). The summed E-state index contributed by atoms with van der Waals surface area (Å²) in [4.78, 5) is 25.7. The molecule has 2 atom stereocenters. The maximum atomic E-state index is 12.1. The number of carbonyl (C=O) groups excluding carboxylic acids is 2. The normalized spacial score (nSPS) is 23.5. The van der Waals surface area contributed by atoms with E-state index in [0.717, 1.165) is 12.8 Å². The van der Waals surface area contributed by atoms with E-state index in [1.807, 2.05) is 27.7 Å². The Morgan fingerprint density at radius 2 is 2.00 bits per heavy atom. The number of halogens is 1. The molecule has 1 saturated heterocycles. The quantitative estimate of drug-likeness (QED) is 0.746. The minimum atomic E-state index is -0.557. The number of ketones is 1. The number of hydrogen-bond acceptors (Lipinski definition) is 3. The lowest BCUT2D eigenvalue weighted by atomic mass is 10.0. The zero-order valence-electron chi connectivity index (χ0n) is 12.2. The zero-order valence-corrected chi connectivity index (χ0v) is 13.0.